The molecular weight excluding hydrogens is 344 g/mol. The maximum absolute atomic E-state index is 11.6. The van der Waals surface area contributed by atoms with Crippen molar-refractivity contribution in [2.45, 2.75) is 18.9 Å². The van der Waals surface area contributed by atoms with Gasteiger partial charge in [0.1, 0.15) is 5.69 Å². The minimum absolute atomic E-state index is 0.0549. The summed E-state index contributed by atoms with van der Waals surface area (Å²) in [5.41, 5.74) is 1.66. The standard InChI is InChI=1S/C15H20N6O3S/c1-20-10-16-8-14(20)13-7-12(9-22)18-15(19-13)17-11-3-5-21(6-4-11)25(2,23)24/h7-11H,3-6H2,1-2H3,(H,17,18,19). The van der Waals surface area contributed by atoms with Gasteiger partial charge in [-0.25, -0.2) is 27.7 Å². The van der Waals surface area contributed by atoms with Crippen LogP contribution < -0.4 is 5.32 Å². The second kappa shape index (κ2) is 6.89. The molecule has 25 heavy (non-hydrogen) atoms. The third kappa shape index (κ3) is 4.02. The molecule has 2 aromatic rings. The smallest absolute Gasteiger partial charge is 0.224 e. The Morgan fingerprint density at radius 2 is 2.00 bits per heavy atom. The molecule has 0 amide bonds. The second-order valence-corrected chi connectivity index (χ2v) is 8.07. The zero-order valence-corrected chi connectivity index (χ0v) is 14.9. The molecule has 1 N–H and O–H groups in total. The third-order valence-corrected chi connectivity index (χ3v) is 5.51. The summed E-state index contributed by atoms with van der Waals surface area (Å²) < 4.78 is 26.4. The first-order valence-electron chi connectivity index (χ1n) is 7.89. The van der Waals surface area contributed by atoms with Crippen molar-refractivity contribution in [1.29, 1.82) is 0 Å². The lowest BCUT2D eigenvalue weighted by molar-refractivity contribution is 0.111. The molecule has 3 heterocycles. The van der Waals surface area contributed by atoms with E-state index < -0.39 is 10.0 Å². The highest BCUT2D eigenvalue weighted by Gasteiger charge is 2.25. The fourth-order valence-electron chi connectivity index (χ4n) is 2.84. The van der Waals surface area contributed by atoms with Gasteiger partial charge >= 0.3 is 0 Å². The number of rotatable bonds is 5. The van der Waals surface area contributed by atoms with Crippen LogP contribution in [0.5, 0.6) is 0 Å². The minimum Gasteiger partial charge on any atom is -0.351 e. The molecule has 134 valence electrons. The van der Waals surface area contributed by atoms with Crippen molar-refractivity contribution in [3.8, 4) is 11.4 Å². The molecule has 1 saturated heterocycles. The van der Waals surface area contributed by atoms with Crippen LogP contribution in [-0.2, 0) is 17.1 Å². The summed E-state index contributed by atoms with van der Waals surface area (Å²) in [6, 6.07) is 1.67. The van der Waals surface area contributed by atoms with Crippen LogP contribution in [0.1, 0.15) is 23.3 Å². The van der Waals surface area contributed by atoms with E-state index in [1.807, 2.05) is 11.6 Å². The summed E-state index contributed by atoms with van der Waals surface area (Å²) in [5.74, 6) is 0.360. The molecule has 3 rings (SSSR count). The summed E-state index contributed by atoms with van der Waals surface area (Å²) in [5, 5.41) is 3.22. The van der Waals surface area contributed by atoms with Crippen molar-refractivity contribution < 1.29 is 13.2 Å². The van der Waals surface area contributed by atoms with Crippen molar-refractivity contribution in [2.24, 2.45) is 7.05 Å². The summed E-state index contributed by atoms with van der Waals surface area (Å²) in [6.45, 7) is 0.914. The number of hydrogen-bond donors (Lipinski definition) is 1. The second-order valence-electron chi connectivity index (χ2n) is 6.09. The van der Waals surface area contributed by atoms with Crippen molar-refractivity contribution in [1.82, 2.24) is 23.8 Å². The maximum Gasteiger partial charge on any atom is 0.224 e. The Morgan fingerprint density at radius 3 is 2.56 bits per heavy atom. The Balaban J connectivity index is 1.77. The number of nitrogens with one attached hydrogen (secondary N) is 1. The first kappa shape index (κ1) is 17.5. The van der Waals surface area contributed by atoms with Gasteiger partial charge in [-0.3, -0.25) is 4.79 Å². The van der Waals surface area contributed by atoms with Gasteiger partial charge in [0.25, 0.3) is 0 Å². The molecule has 0 bridgehead atoms. The lowest BCUT2D eigenvalue weighted by atomic mass is 10.1. The maximum atomic E-state index is 11.6. The number of aromatic nitrogens is 4. The van der Waals surface area contributed by atoms with E-state index in [-0.39, 0.29) is 11.7 Å². The van der Waals surface area contributed by atoms with Gasteiger partial charge in [0.15, 0.2) is 6.29 Å². The summed E-state index contributed by atoms with van der Waals surface area (Å²) in [6.07, 6.45) is 6.54. The van der Waals surface area contributed by atoms with Crippen LogP contribution in [0.25, 0.3) is 11.4 Å². The van der Waals surface area contributed by atoms with Gasteiger partial charge in [-0.2, -0.15) is 0 Å². The van der Waals surface area contributed by atoms with E-state index in [4.69, 9.17) is 0 Å². The fraction of sp³-hybridized carbons (Fsp3) is 0.467. The van der Waals surface area contributed by atoms with E-state index in [9.17, 15) is 13.2 Å². The molecule has 0 unspecified atom stereocenters. The van der Waals surface area contributed by atoms with Crippen molar-refractivity contribution in [3.63, 3.8) is 0 Å². The van der Waals surface area contributed by atoms with E-state index in [0.717, 1.165) is 5.69 Å². The van der Waals surface area contributed by atoms with Crippen LogP contribution in [-0.4, -0.2) is 63.9 Å². The van der Waals surface area contributed by atoms with E-state index in [2.05, 4.69) is 20.3 Å². The van der Waals surface area contributed by atoms with Crippen LogP contribution in [0.2, 0.25) is 0 Å². The lowest BCUT2D eigenvalue weighted by Gasteiger charge is -2.30. The number of aldehydes is 1. The largest absolute Gasteiger partial charge is 0.351 e. The number of imidazole rings is 1. The Bertz CT molecular complexity index is 871. The normalized spacial score (nSPS) is 16.7. The van der Waals surface area contributed by atoms with E-state index in [1.165, 1.54) is 10.6 Å². The van der Waals surface area contributed by atoms with Gasteiger partial charge in [0.05, 0.1) is 30.2 Å². The molecule has 0 saturated carbocycles. The van der Waals surface area contributed by atoms with Crippen LogP contribution in [0.4, 0.5) is 5.95 Å². The average Bonchev–Trinajstić information content (AvgIpc) is 3.00. The monoisotopic (exact) mass is 364 g/mol. The van der Waals surface area contributed by atoms with Crippen LogP contribution >= 0.6 is 0 Å². The highest BCUT2D eigenvalue weighted by molar-refractivity contribution is 7.88. The molecule has 0 aliphatic carbocycles. The number of carbonyl (C=O) groups is 1. The first-order chi connectivity index (χ1) is 11.9. The quantitative estimate of drug-likeness (QED) is 0.770. The van der Waals surface area contributed by atoms with Gasteiger partial charge in [0, 0.05) is 26.2 Å². The van der Waals surface area contributed by atoms with Gasteiger partial charge in [-0.05, 0) is 18.9 Å². The fourth-order valence-corrected chi connectivity index (χ4v) is 3.71. The van der Waals surface area contributed by atoms with Crippen LogP contribution in [0.3, 0.4) is 0 Å². The molecule has 9 nitrogen and oxygen atoms in total. The molecule has 0 spiro atoms. The molecule has 1 fully saturated rings. The first-order valence-corrected chi connectivity index (χ1v) is 9.74. The molecule has 1 aliphatic heterocycles. The van der Waals surface area contributed by atoms with Crippen LogP contribution in [0.15, 0.2) is 18.6 Å². The Morgan fingerprint density at radius 1 is 1.28 bits per heavy atom. The summed E-state index contributed by atoms with van der Waals surface area (Å²) >= 11 is 0. The van der Waals surface area contributed by atoms with Gasteiger partial charge in [-0.15, -0.1) is 0 Å². The highest BCUT2D eigenvalue weighted by atomic mass is 32.2. The summed E-state index contributed by atoms with van der Waals surface area (Å²) in [7, 11) is -1.31. The van der Waals surface area contributed by atoms with E-state index in [0.29, 0.717) is 43.9 Å². The van der Waals surface area contributed by atoms with Gasteiger partial charge < -0.3 is 9.88 Å². The molecule has 10 heteroatoms. The number of carbonyl (C=O) groups excluding carboxylic acids is 1. The predicted octanol–water partition coefficient (Wildman–Crippen LogP) is 0.525. The van der Waals surface area contributed by atoms with Crippen molar-refractivity contribution in [2.75, 3.05) is 24.7 Å². The number of sulfonamides is 1. The molecule has 0 atom stereocenters. The van der Waals surface area contributed by atoms with E-state index >= 15 is 0 Å². The number of anilines is 1. The van der Waals surface area contributed by atoms with Crippen LogP contribution in [0, 0.1) is 0 Å². The number of hydrogen-bond acceptors (Lipinski definition) is 7. The molecule has 0 radical (unpaired) electrons. The van der Waals surface area contributed by atoms with Crippen molar-refractivity contribution in [3.05, 3.63) is 24.3 Å². The Hall–Kier alpha value is -2.33. The Labute approximate surface area is 146 Å². The highest BCUT2D eigenvalue weighted by Crippen LogP contribution is 2.20. The zero-order valence-electron chi connectivity index (χ0n) is 14.1. The topological polar surface area (TPSA) is 110 Å². The SMILES string of the molecule is Cn1cncc1-c1cc(C=O)nc(NC2CCN(S(C)(=O)=O)CC2)n1. The molecule has 0 aromatic carbocycles. The summed E-state index contributed by atoms with van der Waals surface area (Å²) in [4.78, 5) is 23.9. The third-order valence-electron chi connectivity index (χ3n) is 4.20. The number of piperidine rings is 1. The molecule has 1 aliphatic rings. The minimum atomic E-state index is -3.16. The molecular formula is C15H20N6O3S. The predicted molar refractivity (Wildman–Crippen MR) is 92.7 cm³/mol. The molecule has 2 aromatic heterocycles. The Kier molecular flexibility index (Phi) is 4.82. The number of nitrogens with zero attached hydrogens (tertiary/aromatic N) is 5. The number of aryl methyl sites for hydroxylation is 1. The van der Waals surface area contributed by atoms with Gasteiger partial charge in [-0.1, -0.05) is 0 Å². The lowest BCUT2D eigenvalue weighted by Crippen LogP contribution is -2.42. The average molecular weight is 364 g/mol. The van der Waals surface area contributed by atoms with Gasteiger partial charge in [0.2, 0.25) is 16.0 Å². The zero-order chi connectivity index (χ0) is 18.0. The van der Waals surface area contributed by atoms with E-state index in [1.54, 1.807) is 18.6 Å². The van der Waals surface area contributed by atoms with Crippen molar-refractivity contribution >= 4 is 22.3 Å².